The third-order valence-electron chi connectivity index (χ3n) is 4.69. The standard InChI is InChI=1S/C19H22N2O5/c1-2-25-19(22)14-6-5-11-20(12-14)13-15-9-10-18(26-15)16-7-3-4-8-17(16)21(23)24/h3-4,7-10,14H,2,5-6,11-13H2,1H3/p+1/t14-/m1/s1. The third kappa shape index (κ3) is 4.11. The Labute approximate surface area is 151 Å². The van der Waals surface area contributed by atoms with E-state index in [4.69, 9.17) is 9.15 Å². The van der Waals surface area contributed by atoms with Crippen molar-refractivity contribution in [1.29, 1.82) is 0 Å². The van der Waals surface area contributed by atoms with E-state index in [-0.39, 0.29) is 17.6 Å². The normalized spacial score (nSPS) is 19.9. The first-order valence-corrected chi connectivity index (χ1v) is 8.91. The molecule has 2 heterocycles. The lowest BCUT2D eigenvalue weighted by molar-refractivity contribution is -0.922. The van der Waals surface area contributed by atoms with Gasteiger partial charge in [0.1, 0.15) is 18.2 Å². The maximum atomic E-state index is 12.0. The highest BCUT2D eigenvalue weighted by molar-refractivity contribution is 5.72. The van der Waals surface area contributed by atoms with Crippen LogP contribution in [-0.2, 0) is 16.1 Å². The molecule has 3 rings (SSSR count). The number of rotatable bonds is 6. The second kappa shape index (κ2) is 8.14. The van der Waals surface area contributed by atoms with E-state index < -0.39 is 4.92 Å². The van der Waals surface area contributed by atoms with Gasteiger partial charge in [-0.05, 0) is 38.0 Å². The van der Waals surface area contributed by atoms with Gasteiger partial charge in [-0.3, -0.25) is 14.9 Å². The molecule has 7 nitrogen and oxygen atoms in total. The zero-order chi connectivity index (χ0) is 18.5. The molecule has 0 aliphatic carbocycles. The molecule has 0 saturated carbocycles. The molecule has 138 valence electrons. The van der Waals surface area contributed by atoms with E-state index in [0.717, 1.165) is 31.7 Å². The molecule has 7 heteroatoms. The predicted molar refractivity (Wildman–Crippen MR) is 94.6 cm³/mol. The van der Waals surface area contributed by atoms with Crippen molar-refractivity contribution in [3.63, 3.8) is 0 Å². The van der Waals surface area contributed by atoms with Crippen molar-refractivity contribution in [2.24, 2.45) is 5.92 Å². The number of esters is 1. The van der Waals surface area contributed by atoms with Gasteiger partial charge in [-0.2, -0.15) is 0 Å². The fourth-order valence-corrected chi connectivity index (χ4v) is 3.48. The van der Waals surface area contributed by atoms with Crippen LogP contribution >= 0.6 is 0 Å². The van der Waals surface area contributed by atoms with Crippen molar-refractivity contribution in [1.82, 2.24) is 0 Å². The molecular formula is C19H23N2O5+. The Bertz CT molecular complexity index is 786. The number of nitrogens with one attached hydrogen (secondary N) is 1. The first-order valence-electron chi connectivity index (χ1n) is 8.91. The molecule has 0 spiro atoms. The van der Waals surface area contributed by atoms with E-state index in [1.165, 1.54) is 11.0 Å². The van der Waals surface area contributed by atoms with Crippen LogP contribution in [0.1, 0.15) is 25.5 Å². The van der Waals surface area contributed by atoms with E-state index >= 15 is 0 Å². The van der Waals surface area contributed by atoms with Gasteiger partial charge < -0.3 is 14.1 Å². The molecule has 2 aromatic rings. The molecular weight excluding hydrogens is 336 g/mol. The van der Waals surface area contributed by atoms with Crippen LogP contribution in [0.2, 0.25) is 0 Å². The number of benzene rings is 1. The van der Waals surface area contributed by atoms with Crippen LogP contribution in [0.15, 0.2) is 40.8 Å². The molecule has 1 aromatic heterocycles. The molecule has 26 heavy (non-hydrogen) atoms. The number of hydrogen-bond acceptors (Lipinski definition) is 5. The summed E-state index contributed by atoms with van der Waals surface area (Å²) in [5.41, 5.74) is 0.503. The number of hydrogen-bond donors (Lipinski definition) is 1. The highest BCUT2D eigenvalue weighted by Gasteiger charge is 2.30. The van der Waals surface area contributed by atoms with Gasteiger partial charge in [0.05, 0.1) is 30.2 Å². The number of para-hydroxylation sites is 1. The number of ether oxygens (including phenoxy) is 1. The SMILES string of the molecule is CCOC(=O)[C@@H]1CCC[NH+](Cc2ccc(-c3ccccc3[N+](=O)[O-])o2)C1. The zero-order valence-electron chi connectivity index (χ0n) is 14.8. The fourth-order valence-electron chi connectivity index (χ4n) is 3.48. The Morgan fingerprint density at radius 1 is 1.35 bits per heavy atom. The molecule has 1 fully saturated rings. The molecule has 2 atom stereocenters. The first kappa shape index (κ1) is 18.1. The second-order valence-corrected chi connectivity index (χ2v) is 6.51. The number of nitrogens with zero attached hydrogens (tertiary/aromatic N) is 1. The van der Waals surface area contributed by atoms with Crippen molar-refractivity contribution in [3.05, 3.63) is 52.3 Å². The Kier molecular flexibility index (Phi) is 5.68. The smallest absolute Gasteiger partial charge is 0.314 e. The lowest BCUT2D eigenvalue weighted by Gasteiger charge is -2.28. The summed E-state index contributed by atoms with van der Waals surface area (Å²) in [6, 6.07) is 10.2. The van der Waals surface area contributed by atoms with Gasteiger partial charge in [0.2, 0.25) is 0 Å². The molecule has 0 amide bonds. The van der Waals surface area contributed by atoms with Crippen molar-refractivity contribution in [3.8, 4) is 11.3 Å². The highest BCUT2D eigenvalue weighted by atomic mass is 16.6. The topological polar surface area (TPSA) is 87.0 Å². The minimum absolute atomic E-state index is 0.0288. The predicted octanol–water partition coefficient (Wildman–Crippen LogP) is 2.21. The van der Waals surface area contributed by atoms with E-state index in [1.807, 2.05) is 13.0 Å². The largest absolute Gasteiger partial charge is 0.466 e. The number of quaternary nitrogens is 1. The summed E-state index contributed by atoms with van der Waals surface area (Å²) in [5, 5.41) is 11.2. The average molecular weight is 359 g/mol. The number of carbonyl (C=O) groups is 1. The lowest BCUT2D eigenvalue weighted by atomic mass is 9.98. The van der Waals surface area contributed by atoms with E-state index in [0.29, 0.717) is 24.5 Å². The van der Waals surface area contributed by atoms with Crippen molar-refractivity contribution in [2.75, 3.05) is 19.7 Å². The third-order valence-corrected chi connectivity index (χ3v) is 4.69. The van der Waals surface area contributed by atoms with Crippen molar-refractivity contribution >= 4 is 11.7 Å². The quantitative estimate of drug-likeness (QED) is 0.485. The van der Waals surface area contributed by atoms with Gasteiger partial charge in [-0.15, -0.1) is 0 Å². The van der Waals surface area contributed by atoms with Crippen molar-refractivity contribution < 1.29 is 23.8 Å². The fraction of sp³-hybridized carbons (Fsp3) is 0.421. The Balaban J connectivity index is 1.69. The summed E-state index contributed by atoms with van der Waals surface area (Å²) in [7, 11) is 0. The van der Waals surface area contributed by atoms with Crippen LogP contribution < -0.4 is 4.90 Å². The van der Waals surface area contributed by atoms with Crippen LogP contribution in [0, 0.1) is 16.0 Å². The number of carbonyl (C=O) groups excluding carboxylic acids is 1. The summed E-state index contributed by atoms with van der Waals surface area (Å²) < 4.78 is 11.0. The molecule has 1 aliphatic rings. The van der Waals surface area contributed by atoms with Gasteiger partial charge in [0, 0.05) is 6.07 Å². The number of furan rings is 1. The van der Waals surface area contributed by atoms with Crippen molar-refractivity contribution in [2.45, 2.75) is 26.3 Å². The summed E-state index contributed by atoms with van der Waals surface area (Å²) in [6.45, 7) is 4.56. The summed E-state index contributed by atoms with van der Waals surface area (Å²) >= 11 is 0. The summed E-state index contributed by atoms with van der Waals surface area (Å²) in [6.07, 6.45) is 1.83. The van der Waals surface area contributed by atoms with Gasteiger partial charge in [-0.25, -0.2) is 0 Å². The van der Waals surface area contributed by atoms with E-state index in [1.54, 1.807) is 24.3 Å². The molecule has 1 aliphatic heterocycles. The van der Waals surface area contributed by atoms with Crippen LogP contribution in [0.4, 0.5) is 5.69 Å². The van der Waals surface area contributed by atoms with Gasteiger partial charge in [0.25, 0.3) is 5.69 Å². The van der Waals surface area contributed by atoms with Gasteiger partial charge >= 0.3 is 5.97 Å². The molecule has 0 radical (unpaired) electrons. The monoisotopic (exact) mass is 359 g/mol. The Hall–Kier alpha value is -2.67. The minimum atomic E-state index is -0.405. The van der Waals surface area contributed by atoms with Gasteiger partial charge in [0.15, 0.2) is 5.76 Å². The maximum absolute atomic E-state index is 12.0. The number of nitro benzene ring substituents is 1. The summed E-state index contributed by atoms with van der Waals surface area (Å²) in [5.74, 6) is 1.07. The molecule has 1 unspecified atom stereocenters. The number of nitro groups is 1. The molecule has 1 N–H and O–H groups in total. The second-order valence-electron chi connectivity index (χ2n) is 6.51. The Morgan fingerprint density at radius 2 is 2.15 bits per heavy atom. The van der Waals surface area contributed by atoms with E-state index in [9.17, 15) is 14.9 Å². The van der Waals surface area contributed by atoms with Crippen LogP contribution in [0.5, 0.6) is 0 Å². The molecule has 1 aromatic carbocycles. The first-order chi connectivity index (χ1) is 12.6. The minimum Gasteiger partial charge on any atom is -0.466 e. The van der Waals surface area contributed by atoms with E-state index in [2.05, 4.69) is 0 Å². The maximum Gasteiger partial charge on any atom is 0.314 e. The average Bonchev–Trinajstić information content (AvgIpc) is 3.10. The van der Waals surface area contributed by atoms with Gasteiger partial charge in [-0.1, -0.05) is 12.1 Å². The Morgan fingerprint density at radius 3 is 2.92 bits per heavy atom. The van der Waals surface area contributed by atoms with Crippen LogP contribution in [0.3, 0.4) is 0 Å². The molecule has 0 bridgehead atoms. The zero-order valence-corrected chi connectivity index (χ0v) is 14.8. The number of piperidine rings is 1. The number of likely N-dealkylation sites (tertiary alicyclic amines) is 1. The highest BCUT2D eigenvalue weighted by Crippen LogP contribution is 2.30. The lowest BCUT2D eigenvalue weighted by Crippen LogP contribution is -3.12. The van der Waals surface area contributed by atoms with Crippen LogP contribution in [0.25, 0.3) is 11.3 Å². The molecule has 1 saturated heterocycles. The van der Waals surface area contributed by atoms with Crippen LogP contribution in [-0.4, -0.2) is 30.6 Å². The summed E-state index contributed by atoms with van der Waals surface area (Å²) in [4.78, 5) is 24.0.